The first-order valence-electron chi connectivity index (χ1n) is 7.78. The summed E-state index contributed by atoms with van der Waals surface area (Å²) in [5.41, 5.74) is 3.77. The Labute approximate surface area is 121 Å². The van der Waals surface area contributed by atoms with Crippen molar-refractivity contribution >= 4 is 11.6 Å². The van der Waals surface area contributed by atoms with Crippen LogP contribution in [0.1, 0.15) is 50.9 Å². The van der Waals surface area contributed by atoms with E-state index in [1.165, 1.54) is 19.3 Å². The second-order valence-electron chi connectivity index (χ2n) is 5.67. The monoisotopic (exact) mass is 277 g/mol. The van der Waals surface area contributed by atoms with Gasteiger partial charge in [-0.05, 0) is 39.0 Å². The van der Waals surface area contributed by atoms with Crippen molar-refractivity contribution in [1.29, 1.82) is 0 Å². The highest BCUT2D eigenvalue weighted by atomic mass is 15.3. The third-order valence-corrected chi connectivity index (χ3v) is 4.16. The molecule has 5 nitrogen and oxygen atoms in total. The van der Waals surface area contributed by atoms with Gasteiger partial charge in [0.25, 0.3) is 0 Å². The van der Waals surface area contributed by atoms with Gasteiger partial charge in [0.1, 0.15) is 17.5 Å². The largest absolute Gasteiger partial charge is 0.356 e. The van der Waals surface area contributed by atoms with E-state index in [0.29, 0.717) is 0 Å². The first-order valence-corrected chi connectivity index (χ1v) is 7.78. The molecule has 0 bridgehead atoms. The summed E-state index contributed by atoms with van der Waals surface area (Å²) in [4.78, 5) is 11.6. The average Bonchev–Trinajstić information content (AvgIpc) is 2.40. The summed E-state index contributed by atoms with van der Waals surface area (Å²) in [5, 5.41) is 0. The molecule has 1 saturated carbocycles. The van der Waals surface area contributed by atoms with Gasteiger partial charge >= 0.3 is 0 Å². The Morgan fingerprint density at radius 1 is 1.30 bits per heavy atom. The zero-order valence-corrected chi connectivity index (χ0v) is 12.9. The van der Waals surface area contributed by atoms with E-state index >= 15 is 0 Å². The van der Waals surface area contributed by atoms with E-state index in [4.69, 9.17) is 10.8 Å². The van der Waals surface area contributed by atoms with Gasteiger partial charge in [0.2, 0.25) is 0 Å². The van der Waals surface area contributed by atoms with Crippen molar-refractivity contribution in [1.82, 2.24) is 9.97 Å². The Morgan fingerprint density at radius 3 is 2.55 bits per heavy atom. The number of nitrogen functional groups attached to an aromatic ring is 1. The molecule has 0 spiro atoms. The van der Waals surface area contributed by atoms with Crippen molar-refractivity contribution in [2.24, 2.45) is 11.8 Å². The van der Waals surface area contributed by atoms with E-state index in [9.17, 15) is 0 Å². The summed E-state index contributed by atoms with van der Waals surface area (Å²) in [6.45, 7) is 8.46. The van der Waals surface area contributed by atoms with Crippen molar-refractivity contribution in [3.05, 3.63) is 11.4 Å². The van der Waals surface area contributed by atoms with Gasteiger partial charge < -0.3 is 10.3 Å². The van der Waals surface area contributed by atoms with Crippen LogP contribution in [0.25, 0.3) is 0 Å². The molecule has 3 N–H and O–H groups in total. The second-order valence-corrected chi connectivity index (χ2v) is 5.67. The summed E-state index contributed by atoms with van der Waals surface area (Å²) < 4.78 is 0. The van der Waals surface area contributed by atoms with Crippen molar-refractivity contribution in [3.63, 3.8) is 0 Å². The highest BCUT2D eigenvalue weighted by Crippen LogP contribution is 2.30. The van der Waals surface area contributed by atoms with Gasteiger partial charge in [-0.1, -0.05) is 13.3 Å². The Hall–Kier alpha value is -1.36. The number of hydrogen-bond acceptors (Lipinski definition) is 5. The van der Waals surface area contributed by atoms with Crippen molar-refractivity contribution in [2.45, 2.75) is 52.9 Å². The zero-order valence-electron chi connectivity index (χ0n) is 12.9. The van der Waals surface area contributed by atoms with E-state index in [0.717, 1.165) is 54.9 Å². The van der Waals surface area contributed by atoms with Gasteiger partial charge in [-0.25, -0.2) is 15.8 Å². The molecule has 1 aliphatic rings. The molecule has 0 atom stereocenters. The maximum atomic E-state index is 5.61. The minimum absolute atomic E-state index is 0.755. The minimum Gasteiger partial charge on any atom is -0.356 e. The lowest BCUT2D eigenvalue weighted by Gasteiger charge is -2.33. The van der Waals surface area contributed by atoms with Crippen LogP contribution in [0.4, 0.5) is 11.6 Å². The average molecular weight is 277 g/mol. The van der Waals surface area contributed by atoms with Crippen LogP contribution >= 0.6 is 0 Å². The molecule has 20 heavy (non-hydrogen) atoms. The van der Waals surface area contributed by atoms with E-state index in [2.05, 4.69) is 29.2 Å². The molecule has 1 heterocycles. The number of nitrogens with zero attached hydrogens (tertiary/aromatic N) is 3. The van der Waals surface area contributed by atoms with Gasteiger partial charge in [-0.15, -0.1) is 0 Å². The maximum Gasteiger partial charge on any atom is 0.148 e. The molecule has 0 unspecified atom stereocenters. The number of rotatable bonds is 7. The van der Waals surface area contributed by atoms with Crippen LogP contribution in [0.2, 0.25) is 0 Å². The lowest BCUT2D eigenvalue weighted by molar-refractivity contribution is 0.318. The van der Waals surface area contributed by atoms with Crippen LogP contribution < -0.4 is 16.2 Å². The molecule has 0 aliphatic heterocycles. The Balaban J connectivity index is 2.27. The Morgan fingerprint density at radius 2 is 2.05 bits per heavy atom. The SMILES string of the molecule is CCCc1nc(NN)c(C)c(N(CC)CC2CCC2)n1. The third-order valence-electron chi connectivity index (χ3n) is 4.16. The lowest BCUT2D eigenvalue weighted by atomic mass is 9.85. The number of nitrogens with two attached hydrogens (primary N) is 1. The van der Waals surface area contributed by atoms with Crippen LogP contribution in [0, 0.1) is 12.8 Å². The smallest absolute Gasteiger partial charge is 0.148 e. The quantitative estimate of drug-likeness (QED) is 0.592. The van der Waals surface area contributed by atoms with E-state index in [1.54, 1.807) is 0 Å². The molecule has 5 heteroatoms. The number of aromatic nitrogens is 2. The normalized spacial score (nSPS) is 15.0. The number of aryl methyl sites for hydroxylation is 1. The van der Waals surface area contributed by atoms with Gasteiger partial charge in [0, 0.05) is 25.1 Å². The summed E-state index contributed by atoms with van der Waals surface area (Å²) in [6.07, 6.45) is 6.01. The van der Waals surface area contributed by atoms with Crippen LogP contribution in [0.15, 0.2) is 0 Å². The fraction of sp³-hybridized carbons (Fsp3) is 0.733. The Kier molecular flexibility index (Phi) is 5.17. The number of nitrogens with one attached hydrogen (secondary N) is 1. The molecule has 2 rings (SSSR count). The fourth-order valence-corrected chi connectivity index (χ4v) is 2.69. The summed E-state index contributed by atoms with van der Waals surface area (Å²) in [6, 6.07) is 0. The molecule has 1 aromatic heterocycles. The van der Waals surface area contributed by atoms with Gasteiger partial charge in [0.05, 0.1) is 0 Å². The highest BCUT2D eigenvalue weighted by Gasteiger charge is 2.23. The molecule has 0 radical (unpaired) electrons. The predicted octanol–water partition coefficient (Wildman–Crippen LogP) is 2.65. The van der Waals surface area contributed by atoms with Crippen LogP contribution in [-0.4, -0.2) is 23.1 Å². The van der Waals surface area contributed by atoms with Crippen molar-refractivity contribution in [2.75, 3.05) is 23.4 Å². The Bertz CT molecular complexity index is 442. The number of hydrogen-bond donors (Lipinski definition) is 2. The zero-order chi connectivity index (χ0) is 14.5. The summed E-state index contributed by atoms with van der Waals surface area (Å²) in [5.74, 6) is 9.12. The third kappa shape index (κ3) is 3.20. The molecule has 0 amide bonds. The van der Waals surface area contributed by atoms with Crippen LogP contribution in [0.3, 0.4) is 0 Å². The molecule has 1 aromatic rings. The van der Waals surface area contributed by atoms with Crippen LogP contribution in [-0.2, 0) is 6.42 Å². The van der Waals surface area contributed by atoms with Crippen molar-refractivity contribution < 1.29 is 0 Å². The maximum absolute atomic E-state index is 5.61. The second kappa shape index (κ2) is 6.88. The molecule has 112 valence electrons. The number of hydrazine groups is 1. The standard InChI is InChI=1S/C15H27N5/c1-4-7-13-17-14(19-16)11(3)15(18-13)20(5-2)10-12-8-6-9-12/h12H,4-10,16H2,1-3H3,(H,17,18,19). The molecule has 1 aliphatic carbocycles. The van der Waals surface area contributed by atoms with Crippen LogP contribution in [0.5, 0.6) is 0 Å². The van der Waals surface area contributed by atoms with Gasteiger partial charge in [-0.3, -0.25) is 0 Å². The molecule has 0 saturated heterocycles. The first kappa shape index (κ1) is 15.0. The molecular formula is C15H27N5. The molecule has 0 aromatic carbocycles. The summed E-state index contributed by atoms with van der Waals surface area (Å²) in [7, 11) is 0. The van der Waals surface area contributed by atoms with E-state index in [-0.39, 0.29) is 0 Å². The van der Waals surface area contributed by atoms with Gasteiger partial charge in [0.15, 0.2) is 0 Å². The fourth-order valence-electron chi connectivity index (χ4n) is 2.69. The molecule has 1 fully saturated rings. The van der Waals surface area contributed by atoms with E-state index < -0.39 is 0 Å². The highest BCUT2D eigenvalue weighted by molar-refractivity contribution is 5.58. The van der Waals surface area contributed by atoms with Gasteiger partial charge in [-0.2, -0.15) is 0 Å². The first-order chi connectivity index (χ1) is 9.69. The lowest BCUT2D eigenvalue weighted by Crippen LogP contribution is -2.34. The predicted molar refractivity (Wildman–Crippen MR) is 83.8 cm³/mol. The van der Waals surface area contributed by atoms with Crippen molar-refractivity contribution in [3.8, 4) is 0 Å². The van der Waals surface area contributed by atoms with E-state index in [1.807, 2.05) is 6.92 Å². The minimum atomic E-state index is 0.755. The topological polar surface area (TPSA) is 67.1 Å². The molecular weight excluding hydrogens is 250 g/mol. The summed E-state index contributed by atoms with van der Waals surface area (Å²) >= 11 is 0. The number of anilines is 2.